The summed E-state index contributed by atoms with van der Waals surface area (Å²) in [6.45, 7) is 3.55. The lowest BCUT2D eigenvalue weighted by atomic mass is 10.0. The van der Waals surface area contributed by atoms with E-state index in [0.717, 1.165) is 39.3 Å². The molecule has 6 rings (SSSR count). The van der Waals surface area contributed by atoms with Crippen LogP contribution in [-0.4, -0.2) is 65.0 Å². The zero-order chi connectivity index (χ0) is 32.2. The molecule has 0 fully saturated rings. The maximum Gasteiger partial charge on any atom is 0.355 e. The average Bonchev–Trinajstić information content (AvgIpc) is 3.65. The number of benzene rings is 2. The molecule has 5 aromatic rings. The molecule has 1 aliphatic rings. The van der Waals surface area contributed by atoms with Crippen LogP contribution in [0.4, 0.5) is 26.3 Å². The van der Waals surface area contributed by atoms with Gasteiger partial charge in [0.15, 0.2) is 39.2 Å². The maximum atomic E-state index is 14.6. The first-order valence-corrected chi connectivity index (χ1v) is 16.6. The Labute approximate surface area is 273 Å². The smallest absolute Gasteiger partial charge is 0.355 e. The molecule has 3 N–H and O–H groups in total. The van der Waals surface area contributed by atoms with E-state index in [9.17, 15) is 14.3 Å². The SMILES string of the molecule is Cc1c(Nc2nc3ccccc3s2)nnc2c1CCCN2c1nc(C(=O)O)c(CCCOc2ccc(C#CC[NH+](C)C)cc2F)s1. The third-order valence-electron chi connectivity index (χ3n) is 7.44. The second-order valence-corrected chi connectivity index (χ2v) is 13.3. The number of halogens is 1. The van der Waals surface area contributed by atoms with E-state index in [1.165, 1.54) is 22.3 Å². The Hall–Kier alpha value is -4.64. The number of carboxylic acids is 1. The van der Waals surface area contributed by atoms with Gasteiger partial charge in [-0.3, -0.25) is 0 Å². The Morgan fingerprint density at radius 1 is 1.17 bits per heavy atom. The van der Waals surface area contributed by atoms with Crippen molar-refractivity contribution in [3.63, 3.8) is 0 Å². The Morgan fingerprint density at radius 2 is 2.02 bits per heavy atom. The first-order chi connectivity index (χ1) is 22.3. The van der Waals surface area contributed by atoms with Crippen molar-refractivity contribution >= 4 is 60.8 Å². The van der Waals surface area contributed by atoms with Crippen LogP contribution in [0.1, 0.15) is 44.9 Å². The Balaban J connectivity index is 1.13. The number of aromatic nitrogens is 4. The number of nitrogens with zero attached hydrogens (tertiary/aromatic N) is 5. The number of hydrogen-bond donors (Lipinski definition) is 3. The molecule has 236 valence electrons. The highest BCUT2D eigenvalue weighted by atomic mass is 32.1. The molecule has 0 radical (unpaired) electrons. The summed E-state index contributed by atoms with van der Waals surface area (Å²) in [7, 11) is 4.00. The van der Waals surface area contributed by atoms with Gasteiger partial charge in [0.25, 0.3) is 0 Å². The summed E-state index contributed by atoms with van der Waals surface area (Å²) in [5, 5.41) is 23.6. The summed E-state index contributed by atoms with van der Waals surface area (Å²) in [5.74, 6) is 5.89. The quantitative estimate of drug-likeness (QED) is 0.140. The van der Waals surface area contributed by atoms with Gasteiger partial charge in [0.2, 0.25) is 0 Å². The van der Waals surface area contributed by atoms with Crippen molar-refractivity contribution in [1.29, 1.82) is 0 Å². The topological polar surface area (TPSA) is 118 Å². The standard InChI is InChI=1S/C33H32FN7O3S2/c1-20-22-10-7-17-41(30(22)39-38-29(20)37-32-35-24-11-4-5-12-26(24)45-32)33-36-28(31(42)43)27(46-33)13-8-18-44-25-15-14-21(19-23(25)34)9-6-16-40(2)3/h4-5,11-12,14-15,19H,7-8,10,13,16-18H2,1-3H3,(H,42,43)(H,35,37,38)/p+1. The van der Waals surface area contributed by atoms with E-state index in [2.05, 4.69) is 37.3 Å². The second kappa shape index (κ2) is 13.8. The molecule has 0 aliphatic carbocycles. The lowest BCUT2D eigenvalue weighted by molar-refractivity contribution is -0.850. The van der Waals surface area contributed by atoms with Crippen LogP contribution in [0.15, 0.2) is 42.5 Å². The zero-order valence-corrected chi connectivity index (χ0v) is 27.3. The normalized spacial score (nSPS) is 12.6. The monoisotopic (exact) mass is 658 g/mol. The van der Waals surface area contributed by atoms with Crippen LogP contribution >= 0.6 is 22.7 Å². The largest absolute Gasteiger partial charge is 0.491 e. The van der Waals surface area contributed by atoms with Crippen LogP contribution in [-0.2, 0) is 12.8 Å². The fraction of sp³-hybridized carbons (Fsp3) is 0.303. The Morgan fingerprint density at radius 3 is 2.80 bits per heavy atom. The van der Waals surface area contributed by atoms with Gasteiger partial charge in [-0.2, -0.15) is 0 Å². The Kier molecular flexibility index (Phi) is 9.39. The minimum atomic E-state index is -1.09. The molecule has 1 aliphatic heterocycles. The van der Waals surface area contributed by atoms with Crippen molar-refractivity contribution in [2.75, 3.05) is 44.0 Å². The van der Waals surface area contributed by atoms with E-state index in [4.69, 9.17) is 4.74 Å². The minimum absolute atomic E-state index is 0.0135. The van der Waals surface area contributed by atoms with Gasteiger partial charge in [-0.15, -0.1) is 21.5 Å². The Bertz CT molecular complexity index is 1930. The molecule has 13 heteroatoms. The molecule has 0 bridgehead atoms. The summed E-state index contributed by atoms with van der Waals surface area (Å²) < 4.78 is 21.4. The number of fused-ring (bicyclic) bond motifs is 2. The number of quaternary nitrogens is 1. The zero-order valence-electron chi connectivity index (χ0n) is 25.7. The van der Waals surface area contributed by atoms with Gasteiger partial charge in [-0.1, -0.05) is 29.4 Å². The lowest BCUT2D eigenvalue weighted by Gasteiger charge is -2.28. The molecule has 3 aromatic heterocycles. The van der Waals surface area contributed by atoms with Crippen molar-refractivity contribution in [2.24, 2.45) is 0 Å². The molecule has 2 aromatic carbocycles. The predicted octanol–water partition coefficient (Wildman–Crippen LogP) is 5.02. The highest BCUT2D eigenvalue weighted by Gasteiger charge is 2.28. The van der Waals surface area contributed by atoms with Crippen molar-refractivity contribution < 1.29 is 23.9 Å². The van der Waals surface area contributed by atoms with Crippen LogP contribution in [0, 0.1) is 24.6 Å². The second-order valence-electron chi connectivity index (χ2n) is 11.2. The van der Waals surface area contributed by atoms with E-state index in [1.54, 1.807) is 23.5 Å². The van der Waals surface area contributed by atoms with E-state index in [1.807, 2.05) is 50.2 Å². The molecule has 0 spiro atoms. The highest BCUT2D eigenvalue weighted by Crippen LogP contribution is 2.39. The first kappa shape index (κ1) is 31.3. The van der Waals surface area contributed by atoms with Crippen molar-refractivity contribution in [3.05, 3.63) is 75.5 Å². The van der Waals surface area contributed by atoms with E-state index in [0.29, 0.717) is 53.1 Å². The van der Waals surface area contributed by atoms with Crippen LogP contribution in [0.3, 0.4) is 0 Å². The van der Waals surface area contributed by atoms with Crippen LogP contribution in [0.2, 0.25) is 0 Å². The summed E-state index contributed by atoms with van der Waals surface area (Å²) in [5.41, 5.74) is 3.55. The summed E-state index contributed by atoms with van der Waals surface area (Å²) in [4.78, 5) is 25.1. The van der Waals surface area contributed by atoms with E-state index >= 15 is 0 Å². The van der Waals surface area contributed by atoms with Crippen LogP contribution < -0.4 is 19.9 Å². The fourth-order valence-electron chi connectivity index (χ4n) is 5.14. The van der Waals surface area contributed by atoms with Crippen molar-refractivity contribution in [1.82, 2.24) is 20.2 Å². The van der Waals surface area contributed by atoms with Gasteiger partial charge in [-0.05, 0) is 68.9 Å². The maximum absolute atomic E-state index is 14.6. The lowest BCUT2D eigenvalue weighted by Crippen LogP contribution is -3.05. The summed E-state index contributed by atoms with van der Waals surface area (Å²) >= 11 is 2.89. The number of ether oxygens (including phenoxy) is 1. The van der Waals surface area contributed by atoms with E-state index in [-0.39, 0.29) is 18.1 Å². The molecular formula is C33H33FN7O3S2+. The predicted molar refractivity (Wildman–Crippen MR) is 179 cm³/mol. The third-order valence-corrected chi connectivity index (χ3v) is 9.53. The number of anilines is 4. The number of nitrogens with one attached hydrogen (secondary N) is 2. The number of aromatic carboxylic acids is 1. The summed E-state index contributed by atoms with van der Waals surface area (Å²) in [6.07, 6.45) is 2.60. The van der Waals surface area contributed by atoms with Gasteiger partial charge in [0, 0.05) is 28.1 Å². The molecule has 46 heavy (non-hydrogen) atoms. The van der Waals surface area contributed by atoms with Gasteiger partial charge >= 0.3 is 5.97 Å². The van der Waals surface area contributed by atoms with E-state index < -0.39 is 11.8 Å². The highest BCUT2D eigenvalue weighted by molar-refractivity contribution is 7.22. The third kappa shape index (κ3) is 6.94. The molecule has 10 nitrogen and oxygen atoms in total. The van der Waals surface area contributed by atoms with Gasteiger partial charge in [-0.25, -0.2) is 19.2 Å². The molecule has 0 amide bonds. The molecular weight excluding hydrogens is 626 g/mol. The fourth-order valence-corrected chi connectivity index (χ4v) is 7.12. The molecule has 0 saturated heterocycles. The van der Waals surface area contributed by atoms with Gasteiger partial charge < -0.3 is 25.0 Å². The molecule has 4 heterocycles. The number of rotatable bonds is 10. The number of para-hydroxylation sites is 1. The van der Waals surface area contributed by atoms with Gasteiger partial charge in [0.1, 0.15) is 6.54 Å². The number of aryl methyl sites for hydroxylation is 1. The first-order valence-electron chi connectivity index (χ1n) is 15.0. The molecule has 0 saturated carbocycles. The number of hydrogen-bond acceptors (Lipinski definition) is 10. The number of carbonyl (C=O) groups is 1. The van der Waals surface area contributed by atoms with Crippen LogP contribution in [0.25, 0.3) is 10.2 Å². The van der Waals surface area contributed by atoms with Gasteiger partial charge in [0.05, 0.1) is 30.9 Å². The van der Waals surface area contributed by atoms with Crippen molar-refractivity contribution in [2.45, 2.75) is 32.6 Å². The van der Waals surface area contributed by atoms with Crippen molar-refractivity contribution in [3.8, 4) is 17.6 Å². The average molecular weight is 659 g/mol. The number of carboxylic acid groups (broad SMARTS) is 1. The molecule has 0 unspecified atom stereocenters. The number of thiazole rings is 2. The summed E-state index contributed by atoms with van der Waals surface area (Å²) in [6, 6.07) is 12.6. The van der Waals surface area contributed by atoms with Crippen LogP contribution in [0.5, 0.6) is 5.75 Å². The molecule has 0 atom stereocenters. The minimum Gasteiger partial charge on any atom is -0.491 e.